The van der Waals surface area contributed by atoms with Crippen molar-refractivity contribution in [1.82, 2.24) is 24.8 Å². The van der Waals surface area contributed by atoms with E-state index in [4.69, 9.17) is 0 Å². The molecule has 0 unspecified atom stereocenters. The van der Waals surface area contributed by atoms with Crippen LogP contribution in [-0.4, -0.2) is 25.4 Å². The first-order valence-electron chi connectivity index (χ1n) is 8.42. The normalized spacial score (nSPS) is 12.2. The molecule has 27 heavy (non-hydrogen) atoms. The highest BCUT2D eigenvalue weighted by molar-refractivity contribution is 7.20. The van der Waals surface area contributed by atoms with E-state index < -0.39 is 0 Å². The SMILES string of the molecule is Cc1c(C(=O)N[C@H](Cn2ccnc2)c2ccccc2)sc2nc[nH]c(=O)c12. The fourth-order valence-electron chi connectivity index (χ4n) is 3.04. The van der Waals surface area contributed by atoms with E-state index in [9.17, 15) is 9.59 Å². The molecule has 2 N–H and O–H groups in total. The van der Waals surface area contributed by atoms with Crippen LogP contribution in [0.3, 0.4) is 0 Å². The Bertz CT molecular complexity index is 1130. The van der Waals surface area contributed by atoms with Gasteiger partial charge in [0.25, 0.3) is 11.5 Å². The van der Waals surface area contributed by atoms with Crippen molar-refractivity contribution in [2.24, 2.45) is 0 Å². The quantitative estimate of drug-likeness (QED) is 0.558. The minimum Gasteiger partial charge on any atom is -0.343 e. The van der Waals surface area contributed by atoms with Gasteiger partial charge in [0.2, 0.25) is 0 Å². The summed E-state index contributed by atoms with van der Waals surface area (Å²) in [5, 5.41) is 3.56. The molecule has 0 fully saturated rings. The smallest absolute Gasteiger partial charge is 0.262 e. The standard InChI is InChI=1S/C19H17N5O2S/c1-12-15-17(25)21-10-22-19(15)27-16(12)18(26)23-14(9-24-8-7-20-11-24)13-5-3-2-4-6-13/h2-8,10-11,14H,9H2,1H3,(H,23,26)(H,21,22,25)/t14-/m1/s1. The first-order chi connectivity index (χ1) is 13.1. The third-order valence-electron chi connectivity index (χ3n) is 4.40. The van der Waals surface area contributed by atoms with E-state index in [1.54, 1.807) is 19.4 Å². The van der Waals surface area contributed by atoms with Crippen molar-refractivity contribution in [2.75, 3.05) is 0 Å². The Morgan fingerprint density at radius 2 is 2.15 bits per heavy atom. The zero-order chi connectivity index (χ0) is 18.8. The van der Waals surface area contributed by atoms with Gasteiger partial charge in [0.15, 0.2) is 0 Å². The van der Waals surface area contributed by atoms with Gasteiger partial charge in [-0.15, -0.1) is 11.3 Å². The Hall–Kier alpha value is -3.26. The van der Waals surface area contributed by atoms with Gasteiger partial charge in [-0.1, -0.05) is 30.3 Å². The van der Waals surface area contributed by atoms with Gasteiger partial charge >= 0.3 is 0 Å². The van der Waals surface area contributed by atoms with E-state index in [1.807, 2.05) is 41.1 Å². The summed E-state index contributed by atoms with van der Waals surface area (Å²) in [7, 11) is 0. The van der Waals surface area contributed by atoms with E-state index in [0.29, 0.717) is 27.2 Å². The average Bonchev–Trinajstić information content (AvgIpc) is 3.30. The maximum atomic E-state index is 13.0. The highest BCUT2D eigenvalue weighted by atomic mass is 32.1. The number of carbonyl (C=O) groups is 1. The van der Waals surface area contributed by atoms with Crippen molar-refractivity contribution in [2.45, 2.75) is 19.5 Å². The average molecular weight is 379 g/mol. The van der Waals surface area contributed by atoms with Crippen LogP contribution >= 0.6 is 11.3 Å². The molecule has 3 heterocycles. The highest BCUT2D eigenvalue weighted by Gasteiger charge is 2.22. The number of nitrogens with zero attached hydrogens (tertiary/aromatic N) is 3. The lowest BCUT2D eigenvalue weighted by atomic mass is 10.1. The summed E-state index contributed by atoms with van der Waals surface area (Å²) < 4.78 is 1.92. The number of imidazole rings is 1. The van der Waals surface area contributed by atoms with E-state index in [1.165, 1.54) is 17.7 Å². The van der Waals surface area contributed by atoms with Gasteiger partial charge in [0.05, 0.1) is 29.0 Å². The number of fused-ring (bicyclic) bond motifs is 1. The first kappa shape index (κ1) is 17.2. The summed E-state index contributed by atoms with van der Waals surface area (Å²) in [6.45, 7) is 2.33. The third kappa shape index (κ3) is 3.39. The number of thiophene rings is 1. The molecule has 7 nitrogen and oxygen atoms in total. The molecule has 0 saturated carbocycles. The molecule has 3 aromatic heterocycles. The van der Waals surface area contributed by atoms with Gasteiger partial charge in [-0.2, -0.15) is 0 Å². The summed E-state index contributed by atoms with van der Waals surface area (Å²) in [4.78, 5) is 36.9. The second-order valence-corrected chi connectivity index (χ2v) is 7.16. The van der Waals surface area contributed by atoms with Crippen LogP contribution in [0.4, 0.5) is 0 Å². The number of amides is 1. The molecule has 0 saturated heterocycles. The highest BCUT2D eigenvalue weighted by Crippen LogP contribution is 2.27. The monoisotopic (exact) mass is 379 g/mol. The van der Waals surface area contributed by atoms with Crippen LogP contribution in [-0.2, 0) is 6.54 Å². The van der Waals surface area contributed by atoms with Gasteiger partial charge in [0.1, 0.15) is 4.83 Å². The van der Waals surface area contributed by atoms with Crippen LogP contribution < -0.4 is 10.9 Å². The molecule has 0 aliphatic heterocycles. The molecule has 0 bridgehead atoms. The Labute approximate surface area is 158 Å². The molecule has 0 aliphatic carbocycles. The minimum absolute atomic E-state index is 0.219. The zero-order valence-corrected chi connectivity index (χ0v) is 15.4. The number of aromatic nitrogens is 4. The van der Waals surface area contributed by atoms with Gasteiger partial charge in [-0.3, -0.25) is 9.59 Å². The molecule has 4 rings (SSSR count). The van der Waals surface area contributed by atoms with Gasteiger partial charge in [0, 0.05) is 18.9 Å². The van der Waals surface area contributed by atoms with Crippen molar-refractivity contribution in [1.29, 1.82) is 0 Å². The lowest BCUT2D eigenvalue weighted by Gasteiger charge is -2.19. The van der Waals surface area contributed by atoms with E-state index >= 15 is 0 Å². The van der Waals surface area contributed by atoms with Crippen molar-refractivity contribution >= 4 is 27.5 Å². The molecule has 8 heteroatoms. The minimum atomic E-state index is -0.233. The number of carbonyl (C=O) groups excluding carboxylic acids is 1. The van der Waals surface area contributed by atoms with Crippen LogP contribution in [0, 0.1) is 6.92 Å². The molecule has 1 aromatic carbocycles. The maximum absolute atomic E-state index is 13.0. The third-order valence-corrected chi connectivity index (χ3v) is 5.60. The van der Waals surface area contributed by atoms with Crippen molar-refractivity contribution < 1.29 is 4.79 Å². The molecule has 4 aromatic rings. The van der Waals surface area contributed by atoms with Crippen LogP contribution in [0.25, 0.3) is 10.2 Å². The number of nitrogens with one attached hydrogen (secondary N) is 2. The molecule has 0 aliphatic rings. The number of aryl methyl sites for hydroxylation is 1. The van der Waals surface area contributed by atoms with E-state index in [-0.39, 0.29) is 17.5 Å². The van der Waals surface area contributed by atoms with E-state index in [0.717, 1.165) is 5.56 Å². The van der Waals surface area contributed by atoms with Crippen molar-refractivity contribution in [3.63, 3.8) is 0 Å². The Kier molecular flexibility index (Phi) is 4.55. The summed E-state index contributed by atoms with van der Waals surface area (Å²) in [5.74, 6) is -0.219. The number of hydrogen-bond donors (Lipinski definition) is 2. The summed E-state index contributed by atoms with van der Waals surface area (Å²) >= 11 is 1.23. The van der Waals surface area contributed by atoms with Crippen molar-refractivity contribution in [3.05, 3.63) is 81.7 Å². The Balaban J connectivity index is 1.67. The lowest BCUT2D eigenvalue weighted by Crippen LogP contribution is -2.31. The first-order valence-corrected chi connectivity index (χ1v) is 9.23. The van der Waals surface area contributed by atoms with Gasteiger partial charge < -0.3 is 14.9 Å². The molecule has 1 amide bonds. The fourth-order valence-corrected chi connectivity index (χ4v) is 4.10. The molecule has 136 valence electrons. The number of aromatic amines is 1. The van der Waals surface area contributed by atoms with Crippen LogP contribution in [0.1, 0.15) is 26.8 Å². The second-order valence-electron chi connectivity index (χ2n) is 6.16. The fraction of sp³-hybridized carbons (Fsp3) is 0.158. The predicted molar refractivity (Wildman–Crippen MR) is 104 cm³/mol. The maximum Gasteiger partial charge on any atom is 0.262 e. The van der Waals surface area contributed by atoms with Crippen molar-refractivity contribution in [3.8, 4) is 0 Å². The van der Waals surface area contributed by atoms with Crippen LogP contribution in [0.2, 0.25) is 0 Å². The molecular formula is C19H17N5O2S. The van der Waals surface area contributed by atoms with Gasteiger partial charge in [-0.25, -0.2) is 9.97 Å². The summed E-state index contributed by atoms with van der Waals surface area (Å²) in [5.41, 5.74) is 1.41. The van der Waals surface area contributed by atoms with Crippen LogP contribution in [0.15, 0.2) is 60.2 Å². The number of hydrogen-bond acceptors (Lipinski definition) is 5. The largest absolute Gasteiger partial charge is 0.343 e. The number of rotatable bonds is 5. The van der Waals surface area contributed by atoms with E-state index in [2.05, 4.69) is 20.3 Å². The number of benzene rings is 1. The second kappa shape index (κ2) is 7.16. The van der Waals surface area contributed by atoms with Gasteiger partial charge in [-0.05, 0) is 18.1 Å². The lowest BCUT2D eigenvalue weighted by molar-refractivity contribution is 0.0936. The molecular weight excluding hydrogens is 362 g/mol. The Morgan fingerprint density at radius 3 is 2.85 bits per heavy atom. The molecule has 0 radical (unpaired) electrons. The zero-order valence-electron chi connectivity index (χ0n) is 14.5. The Morgan fingerprint density at radius 1 is 1.33 bits per heavy atom. The topological polar surface area (TPSA) is 92.7 Å². The summed E-state index contributed by atoms with van der Waals surface area (Å²) in [6.07, 6.45) is 6.64. The van der Waals surface area contributed by atoms with Crippen LogP contribution in [0.5, 0.6) is 0 Å². The predicted octanol–water partition coefficient (Wildman–Crippen LogP) is 2.66. The summed E-state index contributed by atoms with van der Waals surface area (Å²) in [6, 6.07) is 9.54. The molecule has 1 atom stereocenters. The molecule has 0 spiro atoms. The number of H-pyrrole nitrogens is 1.